The highest BCUT2D eigenvalue weighted by Gasteiger charge is 2.03. The molecule has 0 unspecified atom stereocenters. The van der Waals surface area contributed by atoms with Crippen molar-refractivity contribution in [1.82, 2.24) is 5.32 Å². The lowest BCUT2D eigenvalue weighted by Gasteiger charge is -2.09. The number of hydrogen-bond donors (Lipinski definition) is 1. The molecule has 22 heavy (non-hydrogen) atoms. The van der Waals surface area contributed by atoms with E-state index < -0.39 is 0 Å². The summed E-state index contributed by atoms with van der Waals surface area (Å²) in [5.41, 5.74) is 2.03. The summed E-state index contributed by atoms with van der Waals surface area (Å²) in [6.07, 6.45) is 0.987. The van der Waals surface area contributed by atoms with Crippen molar-refractivity contribution in [2.45, 2.75) is 19.8 Å². The predicted octanol–water partition coefficient (Wildman–Crippen LogP) is 3.26. The number of carbonyl (C=O) groups is 1. The summed E-state index contributed by atoms with van der Waals surface area (Å²) in [7, 11) is 0. The highest BCUT2D eigenvalue weighted by molar-refractivity contribution is 5.76. The summed E-state index contributed by atoms with van der Waals surface area (Å²) in [6, 6.07) is 14.0. The quantitative estimate of drug-likeness (QED) is 0.797. The normalized spacial score (nSPS) is 10.3. The number of rotatable bonds is 7. The minimum atomic E-state index is -0.262. The molecule has 3 nitrogen and oxygen atoms in total. The predicted molar refractivity (Wildman–Crippen MR) is 84.4 cm³/mol. The SMILES string of the molecule is Cc1ccccc1OCCNC(=O)CCc1ccc(F)cc1. The number of hydrogen-bond acceptors (Lipinski definition) is 2. The minimum Gasteiger partial charge on any atom is -0.491 e. The standard InChI is InChI=1S/C18H20FNO2/c1-14-4-2-3-5-17(14)22-13-12-20-18(21)11-8-15-6-9-16(19)10-7-15/h2-7,9-10H,8,11-13H2,1H3,(H,20,21). The summed E-state index contributed by atoms with van der Waals surface area (Å²) in [4.78, 5) is 11.7. The molecule has 0 radical (unpaired) electrons. The molecule has 0 spiro atoms. The first-order valence-corrected chi connectivity index (χ1v) is 7.35. The van der Waals surface area contributed by atoms with Gasteiger partial charge in [-0.05, 0) is 42.7 Å². The van der Waals surface area contributed by atoms with Gasteiger partial charge in [0.2, 0.25) is 5.91 Å². The Morgan fingerprint density at radius 1 is 1.14 bits per heavy atom. The summed E-state index contributed by atoms with van der Waals surface area (Å²) in [5, 5.41) is 2.82. The molecule has 116 valence electrons. The first kappa shape index (κ1) is 16.0. The van der Waals surface area contributed by atoms with Crippen LogP contribution in [0.1, 0.15) is 17.5 Å². The Balaban J connectivity index is 1.64. The summed E-state index contributed by atoms with van der Waals surface area (Å²) in [6.45, 7) is 2.89. The van der Waals surface area contributed by atoms with Crippen molar-refractivity contribution < 1.29 is 13.9 Å². The van der Waals surface area contributed by atoms with Crippen molar-refractivity contribution in [2.75, 3.05) is 13.2 Å². The molecule has 0 aliphatic rings. The fraction of sp³-hybridized carbons (Fsp3) is 0.278. The molecule has 0 bridgehead atoms. The van der Waals surface area contributed by atoms with E-state index >= 15 is 0 Å². The molecule has 2 rings (SSSR count). The molecular formula is C18H20FNO2. The molecule has 2 aromatic carbocycles. The van der Waals surface area contributed by atoms with Gasteiger partial charge in [-0.25, -0.2) is 4.39 Å². The first-order valence-electron chi connectivity index (χ1n) is 7.35. The molecule has 0 saturated heterocycles. The van der Waals surface area contributed by atoms with Crippen molar-refractivity contribution in [2.24, 2.45) is 0 Å². The molecule has 0 aromatic heterocycles. The maximum atomic E-state index is 12.8. The number of para-hydroxylation sites is 1. The van der Waals surface area contributed by atoms with Gasteiger partial charge in [-0.3, -0.25) is 4.79 Å². The number of amides is 1. The largest absolute Gasteiger partial charge is 0.491 e. The Morgan fingerprint density at radius 3 is 2.59 bits per heavy atom. The molecule has 1 amide bonds. The van der Waals surface area contributed by atoms with E-state index in [2.05, 4.69) is 5.32 Å². The zero-order valence-electron chi connectivity index (χ0n) is 12.6. The zero-order valence-corrected chi connectivity index (χ0v) is 12.6. The number of nitrogens with one attached hydrogen (secondary N) is 1. The van der Waals surface area contributed by atoms with Crippen LogP contribution in [0.4, 0.5) is 4.39 Å². The van der Waals surface area contributed by atoms with Crippen molar-refractivity contribution in [3.05, 3.63) is 65.5 Å². The lowest BCUT2D eigenvalue weighted by molar-refractivity contribution is -0.121. The van der Waals surface area contributed by atoms with Gasteiger partial charge in [-0.2, -0.15) is 0 Å². The van der Waals surface area contributed by atoms with Gasteiger partial charge in [0.05, 0.1) is 6.54 Å². The fourth-order valence-corrected chi connectivity index (χ4v) is 2.07. The van der Waals surface area contributed by atoms with Crippen LogP contribution in [0, 0.1) is 12.7 Å². The molecule has 0 aliphatic heterocycles. The van der Waals surface area contributed by atoms with Gasteiger partial charge < -0.3 is 10.1 Å². The van der Waals surface area contributed by atoms with E-state index in [0.29, 0.717) is 26.0 Å². The van der Waals surface area contributed by atoms with E-state index in [1.54, 1.807) is 12.1 Å². The maximum Gasteiger partial charge on any atom is 0.220 e. The van der Waals surface area contributed by atoms with Gasteiger partial charge >= 0.3 is 0 Å². The molecule has 4 heteroatoms. The number of carbonyl (C=O) groups excluding carboxylic acids is 1. The number of ether oxygens (including phenoxy) is 1. The van der Waals surface area contributed by atoms with E-state index in [9.17, 15) is 9.18 Å². The zero-order chi connectivity index (χ0) is 15.8. The van der Waals surface area contributed by atoms with Gasteiger partial charge in [-0.1, -0.05) is 30.3 Å². The van der Waals surface area contributed by atoms with Gasteiger partial charge in [-0.15, -0.1) is 0 Å². The van der Waals surface area contributed by atoms with Crippen molar-refractivity contribution in [3.8, 4) is 5.75 Å². The Kier molecular flexibility index (Phi) is 5.95. The third kappa shape index (κ3) is 5.20. The number of aryl methyl sites for hydroxylation is 2. The molecular weight excluding hydrogens is 281 g/mol. The third-order valence-electron chi connectivity index (χ3n) is 3.33. The van der Waals surface area contributed by atoms with Crippen molar-refractivity contribution >= 4 is 5.91 Å². The Hall–Kier alpha value is -2.36. The van der Waals surface area contributed by atoms with Gasteiger partial charge in [0.25, 0.3) is 0 Å². The van der Waals surface area contributed by atoms with E-state index in [-0.39, 0.29) is 11.7 Å². The first-order chi connectivity index (χ1) is 10.6. The Labute approximate surface area is 130 Å². The lowest BCUT2D eigenvalue weighted by atomic mass is 10.1. The minimum absolute atomic E-state index is 0.0299. The fourth-order valence-electron chi connectivity index (χ4n) is 2.07. The van der Waals surface area contributed by atoms with Crippen LogP contribution in [0.2, 0.25) is 0 Å². The highest BCUT2D eigenvalue weighted by atomic mass is 19.1. The molecule has 1 N–H and O–H groups in total. The molecule has 0 heterocycles. The molecule has 2 aromatic rings. The Morgan fingerprint density at radius 2 is 1.86 bits per heavy atom. The van der Waals surface area contributed by atoms with Crippen LogP contribution >= 0.6 is 0 Å². The van der Waals surface area contributed by atoms with Gasteiger partial charge in [0, 0.05) is 6.42 Å². The van der Waals surface area contributed by atoms with Crippen LogP contribution in [-0.2, 0) is 11.2 Å². The van der Waals surface area contributed by atoms with Crippen molar-refractivity contribution in [1.29, 1.82) is 0 Å². The number of halogens is 1. The molecule has 0 atom stereocenters. The number of benzene rings is 2. The van der Waals surface area contributed by atoms with E-state index in [4.69, 9.17) is 4.74 Å². The average molecular weight is 301 g/mol. The molecule has 0 saturated carbocycles. The van der Waals surface area contributed by atoms with Crippen molar-refractivity contribution in [3.63, 3.8) is 0 Å². The average Bonchev–Trinajstić information content (AvgIpc) is 2.52. The molecule has 0 fully saturated rings. The van der Waals surface area contributed by atoms with Gasteiger partial charge in [0.15, 0.2) is 0 Å². The second kappa shape index (κ2) is 8.17. The van der Waals surface area contributed by atoms with Crippen LogP contribution < -0.4 is 10.1 Å². The highest BCUT2D eigenvalue weighted by Crippen LogP contribution is 2.15. The van der Waals surface area contributed by atoms with E-state index in [1.807, 2.05) is 31.2 Å². The van der Waals surface area contributed by atoms with E-state index in [1.165, 1.54) is 12.1 Å². The van der Waals surface area contributed by atoms with Crippen LogP contribution in [0.3, 0.4) is 0 Å². The third-order valence-corrected chi connectivity index (χ3v) is 3.33. The monoisotopic (exact) mass is 301 g/mol. The van der Waals surface area contributed by atoms with Crippen LogP contribution in [-0.4, -0.2) is 19.1 Å². The topological polar surface area (TPSA) is 38.3 Å². The van der Waals surface area contributed by atoms with Crippen LogP contribution in [0.15, 0.2) is 48.5 Å². The molecule has 0 aliphatic carbocycles. The summed E-state index contributed by atoms with van der Waals surface area (Å²) < 4.78 is 18.4. The second-order valence-corrected chi connectivity index (χ2v) is 5.09. The summed E-state index contributed by atoms with van der Waals surface area (Å²) in [5.74, 6) is 0.544. The lowest BCUT2D eigenvalue weighted by Crippen LogP contribution is -2.28. The summed E-state index contributed by atoms with van der Waals surface area (Å²) >= 11 is 0. The van der Waals surface area contributed by atoms with Crippen LogP contribution in [0.25, 0.3) is 0 Å². The maximum absolute atomic E-state index is 12.8. The smallest absolute Gasteiger partial charge is 0.220 e. The Bertz CT molecular complexity index is 611. The van der Waals surface area contributed by atoms with E-state index in [0.717, 1.165) is 16.9 Å². The van der Waals surface area contributed by atoms with Crippen LogP contribution in [0.5, 0.6) is 5.75 Å². The van der Waals surface area contributed by atoms with Gasteiger partial charge in [0.1, 0.15) is 18.2 Å². The second-order valence-electron chi connectivity index (χ2n) is 5.09.